The Morgan fingerprint density at radius 2 is 2.22 bits per heavy atom. The number of nitrogens with one attached hydrogen (secondary N) is 1. The van der Waals surface area contributed by atoms with Crippen molar-refractivity contribution in [2.75, 3.05) is 25.4 Å². The monoisotopic (exact) mass is 382 g/mol. The average molecular weight is 382 g/mol. The van der Waals surface area contributed by atoms with E-state index >= 15 is 0 Å². The zero-order valence-corrected chi connectivity index (χ0v) is 17.6. The van der Waals surface area contributed by atoms with Gasteiger partial charge in [0.25, 0.3) is 0 Å². The van der Waals surface area contributed by atoms with Crippen LogP contribution in [-0.2, 0) is 0 Å². The summed E-state index contributed by atoms with van der Waals surface area (Å²) in [5.74, 6) is 1.27. The number of anilines is 1. The highest BCUT2D eigenvalue weighted by molar-refractivity contribution is 7.23. The van der Waals surface area contributed by atoms with Gasteiger partial charge in [0.15, 0.2) is 0 Å². The number of hydrogen-bond donors (Lipinski definition) is 2. The van der Waals surface area contributed by atoms with E-state index in [4.69, 9.17) is 5.73 Å². The summed E-state index contributed by atoms with van der Waals surface area (Å²) in [5, 5.41) is 4.68. The van der Waals surface area contributed by atoms with Crippen LogP contribution in [0.3, 0.4) is 0 Å². The maximum atomic E-state index is 6.07. The molecule has 1 saturated heterocycles. The fourth-order valence-electron chi connectivity index (χ4n) is 3.87. The van der Waals surface area contributed by atoms with E-state index in [0.29, 0.717) is 17.8 Å². The van der Waals surface area contributed by atoms with Gasteiger partial charge in [-0.15, -0.1) is 8.86 Å². The first-order valence-electron chi connectivity index (χ1n) is 9.81. The number of allylic oxidation sites excluding steroid dienone is 5. The molecule has 0 amide bonds. The fraction of sp³-hybridized carbons (Fsp3) is 0.455. The topological polar surface area (TPSA) is 54.2 Å². The zero-order valence-electron chi connectivity index (χ0n) is 16.6. The van der Waals surface area contributed by atoms with Gasteiger partial charge in [0, 0.05) is 48.4 Å². The van der Waals surface area contributed by atoms with Crippen LogP contribution < -0.4 is 11.1 Å². The normalized spacial score (nSPS) is 20.7. The van der Waals surface area contributed by atoms with Gasteiger partial charge in [0.05, 0.1) is 0 Å². The van der Waals surface area contributed by atoms with Crippen LogP contribution in [0.15, 0.2) is 53.4 Å². The van der Waals surface area contributed by atoms with Crippen LogP contribution in [0.5, 0.6) is 0 Å². The van der Waals surface area contributed by atoms with Crippen molar-refractivity contribution in [1.82, 2.24) is 15.2 Å². The number of nitrogens with zero attached hydrogens (tertiary/aromatic N) is 2. The summed E-state index contributed by atoms with van der Waals surface area (Å²) in [4.78, 5) is 6.73. The molecular weight excluding hydrogens is 351 g/mol. The molecule has 3 N–H and O–H groups in total. The number of pyridine rings is 1. The molecule has 144 valence electrons. The van der Waals surface area contributed by atoms with Crippen molar-refractivity contribution >= 4 is 20.0 Å². The lowest BCUT2D eigenvalue weighted by molar-refractivity contribution is 0.232. The van der Waals surface area contributed by atoms with Crippen LogP contribution in [0, 0.1) is 5.92 Å². The lowest BCUT2D eigenvalue weighted by Gasteiger charge is -2.36. The molecule has 0 spiro atoms. The molecule has 0 radical (unpaired) electrons. The van der Waals surface area contributed by atoms with Crippen LogP contribution in [-0.4, -0.2) is 40.9 Å². The maximum absolute atomic E-state index is 6.07. The first-order valence-corrected chi connectivity index (χ1v) is 10.3. The summed E-state index contributed by atoms with van der Waals surface area (Å²) >= 11 is 0. The number of nitrogen functional groups attached to an aromatic ring is 1. The lowest BCUT2D eigenvalue weighted by atomic mass is 10.0. The van der Waals surface area contributed by atoms with E-state index in [1.165, 1.54) is 23.3 Å². The summed E-state index contributed by atoms with van der Waals surface area (Å²) in [6.07, 6.45) is 10.7. The molecule has 1 aliphatic carbocycles. The van der Waals surface area contributed by atoms with Gasteiger partial charge in [0.1, 0.15) is 5.82 Å². The second-order valence-electron chi connectivity index (χ2n) is 7.93. The Morgan fingerprint density at radius 1 is 1.41 bits per heavy atom. The molecule has 2 aliphatic rings. The van der Waals surface area contributed by atoms with Crippen molar-refractivity contribution in [3.8, 4) is 0 Å². The van der Waals surface area contributed by atoms with Crippen LogP contribution in [0.1, 0.15) is 39.2 Å². The zero-order chi connectivity index (χ0) is 19.4. The van der Waals surface area contributed by atoms with Gasteiger partial charge >= 0.3 is 0 Å². The molecule has 0 bridgehead atoms. The summed E-state index contributed by atoms with van der Waals surface area (Å²) in [5.41, 5.74) is 10.8. The maximum Gasteiger partial charge on any atom is 0.131 e. The molecule has 3 rings (SSSR count). The molecule has 1 aromatic heterocycles. The fourth-order valence-corrected chi connectivity index (χ4v) is 4.25. The quantitative estimate of drug-likeness (QED) is 0.761. The summed E-state index contributed by atoms with van der Waals surface area (Å²) < 4.78 is 0. The van der Waals surface area contributed by atoms with E-state index in [1.807, 2.05) is 12.1 Å². The second kappa shape index (κ2) is 8.86. The first kappa shape index (κ1) is 19.9. The molecule has 27 heavy (non-hydrogen) atoms. The second-order valence-corrected chi connectivity index (χ2v) is 8.43. The summed E-state index contributed by atoms with van der Waals surface area (Å²) in [6, 6.07) is 4.49. The van der Waals surface area contributed by atoms with E-state index in [-0.39, 0.29) is 0 Å². The highest BCUT2D eigenvalue weighted by Gasteiger charge is 2.22. The van der Waals surface area contributed by atoms with Gasteiger partial charge < -0.3 is 16.0 Å². The predicted molar refractivity (Wildman–Crippen MR) is 118 cm³/mol. The molecule has 0 aromatic carbocycles. The standard InChI is InChI=1S/C22H31N4P/c1-15(2)11-18-14-26(10-9-24-18)19-7-6-17(12-16(3)13-19)21(27)20-5-4-8-25-22(20)23/h4-5,7-8,12-13,15,18,24,27H,6,9-11,14H2,1-3H3,(H2,23,25). The number of aromatic nitrogens is 1. The van der Waals surface area contributed by atoms with E-state index in [0.717, 1.165) is 36.9 Å². The van der Waals surface area contributed by atoms with Gasteiger partial charge in [-0.3, -0.25) is 0 Å². The minimum absolute atomic E-state index is 0.553. The van der Waals surface area contributed by atoms with Crippen molar-refractivity contribution in [1.29, 1.82) is 0 Å². The van der Waals surface area contributed by atoms with Gasteiger partial charge in [0.2, 0.25) is 0 Å². The van der Waals surface area contributed by atoms with E-state index in [2.05, 4.69) is 63.1 Å². The van der Waals surface area contributed by atoms with Crippen molar-refractivity contribution in [3.05, 3.63) is 59.0 Å². The SMILES string of the molecule is CC1=CC(N2CCNC(CC(C)C)C2)=CCC(C(=P)c2cccnc2N)=C1. The molecule has 4 nitrogen and oxygen atoms in total. The molecule has 1 atom stereocenters. The first-order chi connectivity index (χ1) is 12.9. The Morgan fingerprint density at radius 3 is 2.96 bits per heavy atom. The van der Waals surface area contributed by atoms with E-state index in [1.54, 1.807) is 6.20 Å². The van der Waals surface area contributed by atoms with Crippen LogP contribution in [0.4, 0.5) is 5.82 Å². The van der Waals surface area contributed by atoms with Crippen molar-refractivity contribution in [2.45, 2.75) is 39.7 Å². The number of hydrogen-bond acceptors (Lipinski definition) is 4. The molecule has 1 aliphatic heterocycles. The third-order valence-electron chi connectivity index (χ3n) is 5.11. The van der Waals surface area contributed by atoms with Gasteiger partial charge in [-0.1, -0.05) is 26.0 Å². The molecule has 5 heteroatoms. The van der Waals surface area contributed by atoms with Crippen molar-refractivity contribution < 1.29 is 0 Å². The minimum atomic E-state index is 0.553. The summed E-state index contributed by atoms with van der Waals surface area (Å²) in [7, 11) is 3.82. The molecule has 0 saturated carbocycles. The Kier molecular flexibility index (Phi) is 6.51. The summed E-state index contributed by atoms with van der Waals surface area (Å²) in [6.45, 7) is 9.93. The highest BCUT2D eigenvalue weighted by Crippen LogP contribution is 2.25. The minimum Gasteiger partial charge on any atom is -0.383 e. The number of rotatable bonds is 5. The van der Waals surface area contributed by atoms with Crippen LogP contribution >= 0.6 is 8.86 Å². The van der Waals surface area contributed by atoms with Gasteiger partial charge in [-0.2, -0.15) is 0 Å². The molecule has 2 heterocycles. The third kappa shape index (κ3) is 5.09. The Labute approximate surface area is 165 Å². The molecular formula is C22H31N4P. The van der Waals surface area contributed by atoms with Crippen molar-refractivity contribution in [2.24, 2.45) is 5.92 Å². The smallest absolute Gasteiger partial charge is 0.131 e. The largest absolute Gasteiger partial charge is 0.383 e. The van der Waals surface area contributed by atoms with Crippen LogP contribution in [0.25, 0.3) is 0 Å². The number of piperazine rings is 1. The molecule has 1 fully saturated rings. The Hall–Kier alpha value is -1.90. The third-order valence-corrected chi connectivity index (χ3v) is 5.70. The van der Waals surface area contributed by atoms with Gasteiger partial charge in [-0.05, 0) is 55.0 Å². The molecule has 1 aromatic rings. The predicted octanol–water partition coefficient (Wildman–Crippen LogP) is 3.81. The number of nitrogens with two attached hydrogens (primary N) is 1. The van der Waals surface area contributed by atoms with Crippen molar-refractivity contribution in [3.63, 3.8) is 0 Å². The van der Waals surface area contributed by atoms with E-state index in [9.17, 15) is 0 Å². The van der Waals surface area contributed by atoms with Gasteiger partial charge in [-0.25, -0.2) is 4.98 Å². The van der Waals surface area contributed by atoms with E-state index < -0.39 is 0 Å². The lowest BCUT2D eigenvalue weighted by Crippen LogP contribution is -2.50. The molecule has 1 unspecified atom stereocenters. The average Bonchev–Trinajstić information content (AvgIpc) is 2.83. The highest BCUT2D eigenvalue weighted by atomic mass is 31.0. The Bertz CT molecular complexity index is 791. The Balaban J connectivity index is 1.76. The van der Waals surface area contributed by atoms with Crippen LogP contribution in [0.2, 0.25) is 0 Å².